The van der Waals surface area contributed by atoms with Crippen molar-refractivity contribution in [2.24, 2.45) is 11.8 Å². The Morgan fingerprint density at radius 1 is 1.36 bits per heavy atom. The fourth-order valence-corrected chi connectivity index (χ4v) is 2.85. The zero-order chi connectivity index (χ0) is 16.8. The molecule has 1 rings (SSSR count). The third-order valence-electron chi connectivity index (χ3n) is 3.83. The van der Waals surface area contributed by atoms with Gasteiger partial charge in [0.25, 0.3) is 0 Å². The summed E-state index contributed by atoms with van der Waals surface area (Å²) < 4.78 is 42.1. The molecule has 0 radical (unpaired) electrons. The lowest BCUT2D eigenvalue weighted by molar-refractivity contribution is -0.163. The van der Waals surface area contributed by atoms with Gasteiger partial charge in [0.2, 0.25) is 5.91 Å². The maximum Gasteiger partial charge on any atom is 0.397 e. The molecular weight excluding hydrogens is 301 g/mol. The molecule has 22 heavy (non-hydrogen) atoms. The molecule has 1 heterocycles. The number of nitrogens with zero attached hydrogens (tertiary/aromatic N) is 2. The van der Waals surface area contributed by atoms with Crippen LogP contribution < -0.4 is 0 Å². The number of likely N-dealkylation sites (N-methyl/N-ethyl adjacent to an activating group) is 1. The van der Waals surface area contributed by atoms with Crippen LogP contribution >= 0.6 is 0 Å². The van der Waals surface area contributed by atoms with Crippen LogP contribution in [0.5, 0.6) is 0 Å². The van der Waals surface area contributed by atoms with Gasteiger partial charge in [-0.3, -0.25) is 4.79 Å². The first-order chi connectivity index (χ1) is 10.2. The minimum absolute atomic E-state index is 0.0601. The Hall–Kier alpha value is -0.860. The van der Waals surface area contributed by atoms with Gasteiger partial charge in [0.1, 0.15) is 6.42 Å². The van der Waals surface area contributed by atoms with Gasteiger partial charge in [-0.05, 0) is 25.3 Å². The van der Waals surface area contributed by atoms with Crippen molar-refractivity contribution in [2.75, 3.05) is 53.6 Å². The number of aliphatic hydroxyl groups is 1. The van der Waals surface area contributed by atoms with Crippen LogP contribution in [0.1, 0.15) is 12.8 Å². The molecule has 1 amide bonds. The fraction of sp³-hybridized carbons (Fsp3) is 0.929. The number of carbonyl (C=O) groups excluding carboxylic acids is 1. The minimum atomic E-state index is -4.49. The molecule has 0 aromatic rings. The number of carbonyl (C=O) groups is 1. The molecule has 0 bridgehead atoms. The van der Waals surface area contributed by atoms with Crippen LogP contribution in [-0.4, -0.2) is 80.5 Å². The number of likely N-dealkylation sites (tertiary alicyclic amines) is 1. The van der Waals surface area contributed by atoms with Crippen LogP contribution in [0.15, 0.2) is 0 Å². The number of piperidine rings is 1. The monoisotopic (exact) mass is 326 g/mol. The van der Waals surface area contributed by atoms with Crippen molar-refractivity contribution < 1.29 is 27.8 Å². The number of methoxy groups -OCH3 is 1. The van der Waals surface area contributed by atoms with Crippen molar-refractivity contribution in [3.63, 3.8) is 0 Å². The Labute approximate surface area is 129 Å². The summed E-state index contributed by atoms with van der Waals surface area (Å²) in [6, 6.07) is 0. The Bertz CT molecular complexity index is 353. The molecule has 0 saturated carbocycles. The zero-order valence-corrected chi connectivity index (χ0v) is 13.1. The third-order valence-corrected chi connectivity index (χ3v) is 3.83. The summed E-state index contributed by atoms with van der Waals surface area (Å²) in [4.78, 5) is 15.0. The number of amides is 1. The van der Waals surface area contributed by atoms with Gasteiger partial charge in [0.15, 0.2) is 0 Å². The highest BCUT2D eigenvalue weighted by molar-refractivity contribution is 5.77. The second-order valence-corrected chi connectivity index (χ2v) is 6.00. The van der Waals surface area contributed by atoms with Gasteiger partial charge in [-0.1, -0.05) is 0 Å². The van der Waals surface area contributed by atoms with E-state index in [1.807, 2.05) is 11.9 Å². The largest absolute Gasteiger partial charge is 0.397 e. The van der Waals surface area contributed by atoms with Gasteiger partial charge in [-0.15, -0.1) is 0 Å². The van der Waals surface area contributed by atoms with Gasteiger partial charge in [-0.2, -0.15) is 13.2 Å². The first-order valence-electron chi connectivity index (χ1n) is 7.38. The highest BCUT2D eigenvalue weighted by Crippen LogP contribution is 2.26. The molecule has 1 N–H and O–H groups in total. The minimum Gasteiger partial charge on any atom is -0.396 e. The van der Waals surface area contributed by atoms with Gasteiger partial charge >= 0.3 is 6.18 Å². The maximum absolute atomic E-state index is 12.4. The van der Waals surface area contributed by atoms with Crippen molar-refractivity contribution in [3.8, 4) is 0 Å². The second kappa shape index (κ2) is 8.69. The Morgan fingerprint density at radius 2 is 2.00 bits per heavy atom. The van der Waals surface area contributed by atoms with E-state index in [4.69, 9.17) is 4.74 Å². The van der Waals surface area contributed by atoms with Crippen molar-refractivity contribution in [2.45, 2.75) is 19.0 Å². The Morgan fingerprint density at radius 3 is 2.55 bits per heavy atom. The number of ether oxygens (including phenoxy) is 1. The van der Waals surface area contributed by atoms with Gasteiger partial charge in [-0.25, -0.2) is 0 Å². The van der Waals surface area contributed by atoms with E-state index in [2.05, 4.69) is 0 Å². The lowest BCUT2D eigenvalue weighted by Gasteiger charge is -2.38. The van der Waals surface area contributed by atoms with Crippen LogP contribution in [0.2, 0.25) is 0 Å². The van der Waals surface area contributed by atoms with Crippen LogP contribution in [0.25, 0.3) is 0 Å². The molecule has 0 aromatic heterocycles. The van der Waals surface area contributed by atoms with Gasteiger partial charge in [0.05, 0.1) is 6.61 Å². The van der Waals surface area contributed by atoms with E-state index in [1.165, 1.54) is 4.90 Å². The fourth-order valence-electron chi connectivity index (χ4n) is 2.85. The summed E-state index contributed by atoms with van der Waals surface area (Å²) in [6.45, 7) is 2.34. The van der Waals surface area contributed by atoms with Gasteiger partial charge in [0, 0.05) is 39.9 Å². The van der Waals surface area contributed by atoms with E-state index in [0.717, 1.165) is 0 Å². The molecule has 0 aliphatic carbocycles. The number of aliphatic hydroxyl groups excluding tert-OH is 1. The molecular formula is C14H25F3N2O3. The summed E-state index contributed by atoms with van der Waals surface area (Å²) in [5, 5.41) is 9.32. The molecule has 0 spiro atoms. The summed E-state index contributed by atoms with van der Waals surface area (Å²) in [6.07, 6.45) is -5.21. The molecule has 1 aliphatic heterocycles. The normalized spacial score (nSPS) is 23.1. The first-order valence-corrected chi connectivity index (χ1v) is 7.38. The first kappa shape index (κ1) is 19.2. The third kappa shape index (κ3) is 6.93. The average Bonchev–Trinajstić information content (AvgIpc) is 2.42. The van der Waals surface area contributed by atoms with Crippen LogP contribution in [0.3, 0.4) is 0 Å². The standard InChI is InChI=1S/C14H25F3N2O3/c1-18(3-4-22-2)7-11-5-12(10-20)9-19(8-11)13(21)6-14(15,16)17/h11-12,20H,3-10H2,1-2H3/t11-,12-/m0/s1. The predicted molar refractivity (Wildman–Crippen MR) is 75.3 cm³/mol. The topological polar surface area (TPSA) is 53.0 Å². The SMILES string of the molecule is COCCN(C)C[C@@H]1C[C@H](CO)CN(C(=O)CC(F)(F)F)C1. The van der Waals surface area contributed by atoms with Crippen molar-refractivity contribution in [1.29, 1.82) is 0 Å². The molecule has 5 nitrogen and oxygen atoms in total. The number of halogens is 3. The smallest absolute Gasteiger partial charge is 0.396 e. The summed E-state index contributed by atoms with van der Waals surface area (Å²) >= 11 is 0. The molecule has 0 unspecified atom stereocenters. The van der Waals surface area contributed by atoms with Gasteiger partial charge < -0.3 is 19.6 Å². The average molecular weight is 326 g/mol. The van der Waals surface area contributed by atoms with Crippen LogP contribution in [0, 0.1) is 11.8 Å². The van der Waals surface area contributed by atoms with E-state index in [-0.39, 0.29) is 25.0 Å². The summed E-state index contributed by atoms with van der Waals surface area (Å²) in [7, 11) is 3.51. The van der Waals surface area contributed by atoms with Crippen LogP contribution in [-0.2, 0) is 9.53 Å². The quantitative estimate of drug-likeness (QED) is 0.758. The second-order valence-electron chi connectivity index (χ2n) is 6.00. The number of rotatable bonds is 7. The molecule has 1 aliphatic rings. The summed E-state index contributed by atoms with van der Waals surface area (Å²) in [5.41, 5.74) is 0. The van der Waals surface area contributed by atoms with E-state index in [9.17, 15) is 23.1 Å². The Kier molecular flexibility index (Phi) is 7.58. The lowest BCUT2D eigenvalue weighted by atomic mass is 9.89. The lowest BCUT2D eigenvalue weighted by Crippen LogP contribution is -2.48. The van der Waals surface area contributed by atoms with E-state index >= 15 is 0 Å². The van der Waals surface area contributed by atoms with Crippen molar-refractivity contribution in [1.82, 2.24) is 9.80 Å². The molecule has 130 valence electrons. The molecule has 1 saturated heterocycles. The molecule has 0 aromatic carbocycles. The zero-order valence-electron chi connectivity index (χ0n) is 13.1. The highest BCUT2D eigenvalue weighted by Gasteiger charge is 2.37. The van der Waals surface area contributed by atoms with E-state index in [1.54, 1.807) is 7.11 Å². The number of alkyl halides is 3. The highest BCUT2D eigenvalue weighted by atomic mass is 19.4. The molecule has 8 heteroatoms. The summed E-state index contributed by atoms with van der Waals surface area (Å²) in [5.74, 6) is -1.01. The van der Waals surface area contributed by atoms with Crippen molar-refractivity contribution >= 4 is 5.91 Å². The molecule has 2 atom stereocenters. The van der Waals surface area contributed by atoms with Crippen molar-refractivity contribution in [3.05, 3.63) is 0 Å². The molecule has 1 fully saturated rings. The van der Waals surface area contributed by atoms with Crippen LogP contribution in [0.4, 0.5) is 13.2 Å². The van der Waals surface area contributed by atoms with E-state index in [0.29, 0.717) is 32.7 Å². The van der Waals surface area contributed by atoms with E-state index < -0.39 is 18.5 Å². The predicted octanol–water partition coefficient (Wildman–Crippen LogP) is 0.974. The number of hydrogen-bond acceptors (Lipinski definition) is 4. The number of hydrogen-bond donors (Lipinski definition) is 1. The Balaban J connectivity index is 2.58. The maximum atomic E-state index is 12.4.